The Morgan fingerprint density at radius 2 is 1.94 bits per heavy atom. The van der Waals surface area contributed by atoms with Gasteiger partial charge in [0, 0.05) is 37.7 Å². The molecule has 10 nitrogen and oxygen atoms in total. The molecule has 2 heterocycles. The van der Waals surface area contributed by atoms with E-state index in [2.05, 4.69) is 11.9 Å². The number of carbonyl (C=O) groups is 1. The average molecular weight is 462 g/mol. The molecule has 2 fully saturated rings. The van der Waals surface area contributed by atoms with Gasteiger partial charge >= 0.3 is 0 Å². The van der Waals surface area contributed by atoms with Crippen LogP contribution in [0.4, 0.5) is 0 Å². The third-order valence-electron chi connectivity index (χ3n) is 7.04. The van der Waals surface area contributed by atoms with Gasteiger partial charge in [-0.15, -0.1) is 0 Å². The van der Waals surface area contributed by atoms with Crippen molar-refractivity contribution in [1.29, 1.82) is 0 Å². The second-order valence-electron chi connectivity index (χ2n) is 9.63. The minimum absolute atomic E-state index is 0.0193. The lowest BCUT2D eigenvalue weighted by atomic mass is 9.74. The van der Waals surface area contributed by atoms with Crippen LogP contribution in [-0.2, 0) is 19.0 Å². The Bertz CT molecular complexity index is 672. The van der Waals surface area contributed by atoms with Gasteiger partial charge in [-0.3, -0.25) is 4.79 Å². The van der Waals surface area contributed by atoms with Crippen molar-refractivity contribution in [3.8, 4) is 0 Å². The van der Waals surface area contributed by atoms with Gasteiger partial charge in [0.05, 0.1) is 31.0 Å². The van der Waals surface area contributed by atoms with Crippen LogP contribution in [0.2, 0.25) is 0 Å². The van der Waals surface area contributed by atoms with Gasteiger partial charge in [0.25, 0.3) is 5.91 Å². The summed E-state index contributed by atoms with van der Waals surface area (Å²) in [6, 6.07) is 0. The van der Waals surface area contributed by atoms with Crippen LogP contribution < -0.4 is 5.32 Å². The first-order valence-corrected chi connectivity index (χ1v) is 11.0. The van der Waals surface area contributed by atoms with Crippen molar-refractivity contribution in [2.45, 2.75) is 95.6 Å². The summed E-state index contributed by atoms with van der Waals surface area (Å²) >= 11 is 0. The molecule has 0 radical (unpaired) electrons. The number of methoxy groups -OCH3 is 1. The fraction of sp³-hybridized carbons (Fsp3) is 0.864. The van der Waals surface area contributed by atoms with E-state index in [-0.39, 0.29) is 31.3 Å². The summed E-state index contributed by atoms with van der Waals surface area (Å²) in [5, 5.41) is 53.2. The molecule has 0 aromatic rings. The smallest absolute Gasteiger partial charge is 0.256 e. The maximum atomic E-state index is 12.8. The fourth-order valence-electron chi connectivity index (χ4n) is 4.24. The van der Waals surface area contributed by atoms with E-state index in [0.717, 1.165) is 5.57 Å². The van der Waals surface area contributed by atoms with Crippen LogP contribution in [0.15, 0.2) is 12.2 Å². The number of aliphatic hydroxyl groups excluding tert-OH is 5. The first-order valence-electron chi connectivity index (χ1n) is 11.0. The molecule has 2 aliphatic heterocycles. The van der Waals surface area contributed by atoms with E-state index in [1.165, 1.54) is 7.11 Å². The number of nitrogens with one attached hydrogen (secondary N) is 1. The Kier molecular flexibility index (Phi) is 8.85. The first kappa shape index (κ1) is 27.1. The topological polar surface area (TPSA) is 158 Å². The van der Waals surface area contributed by atoms with E-state index in [1.54, 1.807) is 20.8 Å². The van der Waals surface area contributed by atoms with E-state index in [4.69, 9.17) is 19.3 Å². The zero-order valence-corrected chi connectivity index (χ0v) is 19.5. The third kappa shape index (κ3) is 5.51. The number of rotatable bonds is 8. The lowest BCUT2D eigenvalue weighted by Gasteiger charge is -2.47. The summed E-state index contributed by atoms with van der Waals surface area (Å²) in [5.74, 6) is -2.55. The molecule has 2 rings (SSSR count). The molecule has 0 spiro atoms. The quantitative estimate of drug-likeness (QED) is 0.205. The zero-order valence-electron chi connectivity index (χ0n) is 19.5. The lowest BCUT2D eigenvalue weighted by Crippen LogP contribution is -2.62. The van der Waals surface area contributed by atoms with Gasteiger partial charge in [-0.25, -0.2) is 0 Å². The number of carbonyl (C=O) groups excluding carboxylic acids is 1. The number of ether oxygens (including phenoxy) is 3. The number of hydrogen-bond donors (Lipinski definition) is 6. The van der Waals surface area contributed by atoms with Gasteiger partial charge < -0.3 is 45.1 Å². The van der Waals surface area contributed by atoms with Crippen molar-refractivity contribution in [2.24, 2.45) is 11.3 Å². The fourth-order valence-corrected chi connectivity index (χ4v) is 4.24. The average Bonchev–Trinajstić information content (AvgIpc) is 2.73. The third-order valence-corrected chi connectivity index (χ3v) is 7.04. The van der Waals surface area contributed by atoms with Crippen molar-refractivity contribution in [3.63, 3.8) is 0 Å². The van der Waals surface area contributed by atoms with Crippen LogP contribution >= 0.6 is 0 Å². The molecule has 186 valence electrons. The molecule has 9 atom stereocenters. The van der Waals surface area contributed by atoms with E-state index < -0.39 is 60.5 Å². The monoisotopic (exact) mass is 461 g/mol. The maximum Gasteiger partial charge on any atom is 0.256 e. The Morgan fingerprint density at radius 3 is 2.47 bits per heavy atom. The molecular formula is C22H39NO9. The molecular weight excluding hydrogens is 422 g/mol. The van der Waals surface area contributed by atoms with E-state index in [1.807, 2.05) is 6.92 Å². The van der Waals surface area contributed by atoms with Crippen molar-refractivity contribution in [2.75, 3.05) is 13.7 Å². The summed E-state index contributed by atoms with van der Waals surface area (Å²) < 4.78 is 17.1. The zero-order chi connectivity index (χ0) is 24.4. The standard InChI is InChI=1S/C22H39NO9/c1-11-9-22(30-6,32-13(3)12(11)2)18(27)20(29)23-19(28)15-8-16(26)21(4,5)17(31-15)7-14(25)10-24/h12-19,24-28H,1,7-10H2,2-6H3,(H,23,29)/t12-,13-,14+,15+,16-,17-,18-,19+,22-/m1/s1. The van der Waals surface area contributed by atoms with Crippen LogP contribution in [0.3, 0.4) is 0 Å². The van der Waals surface area contributed by atoms with E-state index in [0.29, 0.717) is 0 Å². The highest BCUT2D eigenvalue weighted by molar-refractivity contribution is 5.82. The van der Waals surface area contributed by atoms with Crippen LogP contribution in [-0.4, -0.2) is 93.8 Å². The molecule has 2 saturated heterocycles. The Labute approximate surface area is 189 Å². The summed E-state index contributed by atoms with van der Waals surface area (Å²) in [6.45, 7) is 10.8. The molecule has 32 heavy (non-hydrogen) atoms. The second kappa shape index (κ2) is 10.4. The van der Waals surface area contributed by atoms with Crippen molar-refractivity contribution >= 4 is 5.91 Å². The van der Waals surface area contributed by atoms with Gasteiger partial charge in [0.1, 0.15) is 6.10 Å². The van der Waals surface area contributed by atoms with Gasteiger partial charge in [0.2, 0.25) is 5.79 Å². The molecule has 10 heteroatoms. The normalized spacial score (nSPS) is 38.1. The predicted molar refractivity (Wildman–Crippen MR) is 114 cm³/mol. The Balaban J connectivity index is 2.09. The number of hydrogen-bond acceptors (Lipinski definition) is 9. The van der Waals surface area contributed by atoms with Crippen LogP contribution in [0, 0.1) is 11.3 Å². The van der Waals surface area contributed by atoms with Crippen LogP contribution in [0.1, 0.15) is 47.0 Å². The Hall–Kier alpha value is -1.11. The van der Waals surface area contributed by atoms with E-state index in [9.17, 15) is 25.2 Å². The van der Waals surface area contributed by atoms with Crippen molar-refractivity contribution < 1.29 is 44.5 Å². The summed E-state index contributed by atoms with van der Waals surface area (Å²) in [7, 11) is 1.32. The molecule has 0 aromatic carbocycles. The molecule has 0 aromatic heterocycles. The molecule has 0 unspecified atom stereocenters. The van der Waals surface area contributed by atoms with Crippen LogP contribution in [0.25, 0.3) is 0 Å². The molecule has 0 bridgehead atoms. The van der Waals surface area contributed by atoms with Gasteiger partial charge in [0.15, 0.2) is 12.3 Å². The predicted octanol–water partition coefficient (Wildman–Crippen LogP) is -0.586. The largest absolute Gasteiger partial charge is 0.394 e. The minimum atomic E-state index is -1.76. The van der Waals surface area contributed by atoms with Gasteiger partial charge in [-0.2, -0.15) is 0 Å². The highest BCUT2D eigenvalue weighted by atomic mass is 16.7. The lowest BCUT2D eigenvalue weighted by molar-refractivity contribution is -0.298. The van der Waals surface area contributed by atoms with Gasteiger partial charge in [-0.1, -0.05) is 32.9 Å². The van der Waals surface area contributed by atoms with Crippen molar-refractivity contribution in [1.82, 2.24) is 5.32 Å². The number of aliphatic hydroxyl groups is 5. The summed E-state index contributed by atoms with van der Waals surface area (Å²) in [5.41, 5.74) is 0.0170. The molecule has 0 aliphatic carbocycles. The molecule has 2 aliphatic rings. The van der Waals surface area contributed by atoms with Gasteiger partial charge in [-0.05, 0) is 6.92 Å². The van der Waals surface area contributed by atoms with Crippen LogP contribution in [0.5, 0.6) is 0 Å². The highest BCUT2D eigenvalue weighted by Crippen LogP contribution is 2.40. The molecule has 0 saturated carbocycles. The molecule has 6 N–H and O–H groups in total. The SMILES string of the molecule is C=C1C[C@](OC)([C@H](O)C(=O)N[C@@H](O)[C@@H]2C[C@@H](O)C(C)(C)[C@@H](C[C@H](O)CO)O2)O[C@H](C)[C@@H]1C. The van der Waals surface area contributed by atoms with E-state index >= 15 is 0 Å². The highest BCUT2D eigenvalue weighted by Gasteiger charge is 2.51. The Morgan fingerprint density at radius 1 is 1.31 bits per heavy atom. The first-order chi connectivity index (χ1) is 14.8. The number of amides is 1. The molecule has 1 amide bonds. The maximum absolute atomic E-state index is 12.8. The summed E-state index contributed by atoms with van der Waals surface area (Å²) in [6.07, 6.45) is -7.12. The summed E-state index contributed by atoms with van der Waals surface area (Å²) in [4.78, 5) is 12.8. The minimum Gasteiger partial charge on any atom is -0.394 e. The van der Waals surface area contributed by atoms with Crippen molar-refractivity contribution in [3.05, 3.63) is 12.2 Å². The second-order valence-corrected chi connectivity index (χ2v) is 9.63.